The number of rotatable bonds is 6. The number of carbonyl (C=O) groups is 2. The zero-order valence-electron chi connectivity index (χ0n) is 15.6. The minimum atomic E-state index is -0.176. The molecule has 1 heterocycles. The van der Waals surface area contributed by atoms with Crippen LogP contribution in [0.5, 0.6) is 11.5 Å². The maximum Gasteiger partial charge on any atom is 0.234 e. The Labute approximate surface area is 172 Å². The molecule has 3 aromatic carbocycles. The third kappa shape index (κ3) is 4.81. The van der Waals surface area contributed by atoms with Crippen molar-refractivity contribution in [1.29, 1.82) is 0 Å². The lowest BCUT2D eigenvalue weighted by atomic mass is 10.1. The summed E-state index contributed by atoms with van der Waals surface area (Å²) in [5.74, 6) is 1.35. The molecule has 0 bridgehead atoms. The number of amides is 2. The minimum Gasteiger partial charge on any atom is -0.486 e. The lowest BCUT2D eigenvalue weighted by Crippen LogP contribution is -2.19. The first-order valence-corrected chi connectivity index (χ1v) is 10.4. The Bertz CT molecular complexity index is 1050. The summed E-state index contributed by atoms with van der Waals surface area (Å²) in [6, 6.07) is 18.9. The molecule has 4 rings (SSSR count). The number of nitrogens with one attached hydrogen (secondary N) is 2. The van der Waals surface area contributed by atoms with Crippen LogP contribution in [-0.2, 0) is 9.59 Å². The van der Waals surface area contributed by atoms with Crippen molar-refractivity contribution in [3.05, 3.63) is 60.7 Å². The number of anilines is 2. The molecule has 2 N–H and O–H groups in total. The topological polar surface area (TPSA) is 76.7 Å². The van der Waals surface area contributed by atoms with E-state index in [0.29, 0.717) is 30.4 Å². The minimum absolute atomic E-state index is 0.140. The summed E-state index contributed by atoms with van der Waals surface area (Å²) in [6.07, 6.45) is 0. The molecule has 148 valence electrons. The number of benzene rings is 3. The second-order valence-electron chi connectivity index (χ2n) is 6.47. The molecule has 0 fully saturated rings. The van der Waals surface area contributed by atoms with E-state index in [1.165, 1.54) is 11.8 Å². The molecule has 1 aliphatic rings. The fourth-order valence-corrected chi connectivity index (χ4v) is 3.69. The Kier molecular flexibility index (Phi) is 5.86. The molecule has 1 aliphatic heterocycles. The van der Waals surface area contributed by atoms with Crippen LogP contribution in [-0.4, -0.2) is 36.5 Å². The van der Waals surface area contributed by atoms with Gasteiger partial charge in [-0.1, -0.05) is 36.4 Å². The van der Waals surface area contributed by atoms with Crippen LogP contribution in [0.3, 0.4) is 0 Å². The normalized spacial score (nSPS) is 12.4. The Balaban J connectivity index is 1.26. The molecular formula is C22H20N2O4S. The van der Waals surface area contributed by atoms with Crippen LogP contribution in [0.25, 0.3) is 10.8 Å². The van der Waals surface area contributed by atoms with Crippen molar-refractivity contribution < 1.29 is 19.1 Å². The third-order valence-corrected chi connectivity index (χ3v) is 5.29. The van der Waals surface area contributed by atoms with Gasteiger partial charge in [0.25, 0.3) is 0 Å². The van der Waals surface area contributed by atoms with Gasteiger partial charge in [-0.25, -0.2) is 0 Å². The SMILES string of the molecule is O=C(CSCC(=O)Nc1cccc2ccccc12)Nc1ccc2c(c1)OCCO2. The highest BCUT2D eigenvalue weighted by molar-refractivity contribution is 8.00. The van der Waals surface area contributed by atoms with Gasteiger partial charge in [0.1, 0.15) is 13.2 Å². The molecule has 7 heteroatoms. The lowest BCUT2D eigenvalue weighted by Gasteiger charge is -2.19. The van der Waals surface area contributed by atoms with Gasteiger partial charge >= 0.3 is 0 Å². The summed E-state index contributed by atoms with van der Waals surface area (Å²) in [5.41, 5.74) is 1.41. The molecule has 0 atom stereocenters. The van der Waals surface area contributed by atoms with E-state index in [0.717, 1.165) is 16.5 Å². The van der Waals surface area contributed by atoms with Crippen molar-refractivity contribution in [3.63, 3.8) is 0 Å². The van der Waals surface area contributed by atoms with E-state index in [-0.39, 0.29) is 23.3 Å². The fraction of sp³-hybridized carbons (Fsp3) is 0.182. The number of ether oxygens (including phenoxy) is 2. The predicted octanol–water partition coefficient (Wildman–Crippen LogP) is 3.92. The van der Waals surface area contributed by atoms with Crippen LogP contribution in [0, 0.1) is 0 Å². The van der Waals surface area contributed by atoms with E-state index < -0.39 is 0 Å². The molecule has 0 unspecified atom stereocenters. The highest BCUT2D eigenvalue weighted by Gasteiger charge is 2.13. The van der Waals surface area contributed by atoms with Crippen molar-refractivity contribution in [3.8, 4) is 11.5 Å². The van der Waals surface area contributed by atoms with Gasteiger partial charge in [0.2, 0.25) is 11.8 Å². The first-order valence-electron chi connectivity index (χ1n) is 9.24. The maximum atomic E-state index is 12.3. The van der Waals surface area contributed by atoms with E-state index in [4.69, 9.17) is 9.47 Å². The van der Waals surface area contributed by atoms with Crippen LogP contribution >= 0.6 is 11.8 Å². The summed E-state index contributed by atoms with van der Waals surface area (Å²) < 4.78 is 11.0. The second-order valence-corrected chi connectivity index (χ2v) is 7.46. The van der Waals surface area contributed by atoms with Gasteiger partial charge in [0, 0.05) is 22.8 Å². The molecule has 0 saturated heterocycles. The fourth-order valence-electron chi connectivity index (χ4n) is 3.08. The monoisotopic (exact) mass is 408 g/mol. The van der Waals surface area contributed by atoms with E-state index in [1.54, 1.807) is 18.2 Å². The van der Waals surface area contributed by atoms with Gasteiger partial charge in [-0.15, -0.1) is 11.8 Å². The van der Waals surface area contributed by atoms with Crippen LogP contribution in [0.1, 0.15) is 0 Å². The first kappa shape index (κ1) is 19.1. The molecule has 6 nitrogen and oxygen atoms in total. The van der Waals surface area contributed by atoms with Crippen molar-refractivity contribution in [2.45, 2.75) is 0 Å². The average Bonchev–Trinajstić information content (AvgIpc) is 2.74. The average molecular weight is 408 g/mol. The Morgan fingerprint density at radius 2 is 1.55 bits per heavy atom. The zero-order valence-corrected chi connectivity index (χ0v) is 16.5. The van der Waals surface area contributed by atoms with E-state index in [1.807, 2.05) is 42.5 Å². The van der Waals surface area contributed by atoms with Crippen molar-refractivity contribution in [2.75, 3.05) is 35.4 Å². The van der Waals surface area contributed by atoms with Gasteiger partial charge in [-0.2, -0.15) is 0 Å². The zero-order chi connectivity index (χ0) is 20.1. The van der Waals surface area contributed by atoms with Gasteiger partial charge in [0.15, 0.2) is 11.5 Å². The number of hydrogen-bond acceptors (Lipinski definition) is 5. The molecule has 0 aliphatic carbocycles. The van der Waals surface area contributed by atoms with Crippen molar-refractivity contribution in [1.82, 2.24) is 0 Å². The summed E-state index contributed by atoms with van der Waals surface area (Å²) in [7, 11) is 0. The van der Waals surface area contributed by atoms with Crippen LogP contribution < -0.4 is 20.1 Å². The largest absolute Gasteiger partial charge is 0.486 e. The molecule has 29 heavy (non-hydrogen) atoms. The van der Waals surface area contributed by atoms with E-state index in [2.05, 4.69) is 10.6 Å². The molecule has 0 aromatic heterocycles. The molecule has 0 spiro atoms. The Morgan fingerprint density at radius 1 is 0.828 bits per heavy atom. The number of thioether (sulfide) groups is 1. The van der Waals surface area contributed by atoms with E-state index in [9.17, 15) is 9.59 Å². The smallest absolute Gasteiger partial charge is 0.234 e. The summed E-state index contributed by atoms with van der Waals surface area (Å²) in [5, 5.41) is 7.79. The predicted molar refractivity (Wildman–Crippen MR) is 116 cm³/mol. The quantitative estimate of drug-likeness (QED) is 0.647. The van der Waals surface area contributed by atoms with Crippen LogP contribution in [0.15, 0.2) is 60.7 Å². The summed E-state index contributed by atoms with van der Waals surface area (Å²) >= 11 is 1.26. The Hall–Kier alpha value is -3.19. The summed E-state index contributed by atoms with van der Waals surface area (Å²) in [4.78, 5) is 24.4. The molecular weight excluding hydrogens is 388 g/mol. The van der Waals surface area contributed by atoms with Gasteiger partial charge in [-0.05, 0) is 23.6 Å². The lowest BCUT2D eigenvalue weighted by molar-refractivity contribution is -0.114. The van der Waals surface area contributed by atoms with E-state index >= 15 is 0 Å². The number of hydrogen-bond donors (Lipinski definition) is 2. The molecule has 0 radical (unpaired) electrons. The first-order chi connectivity index (χ1) is 14.2. The highest BCUT2D eigenvalue weighted by atomic mass is 32.2. The standard InChI is InChI=1S/C22H20N2O4S/c25-21(23-16-8-9-19-20(12-16)28-11-10-27-19)13-29-14-22(26)24-18-7-3-5-15-4-1-2-6-17(15)18/h1-9,12H,10-11,13-14H2,(H,23,25)(H,24,26). The summed E-state index contributed by atoms with van der Waals surface area (Å²) in [6.45, 7) is 1.02. The molecule has 2 amide bonds. The number of fused-ring (bicyclic) bond motifs is 2. The molecule has 3 aromatic rings. The van der Waals surface area contributed by atoms with Crippen molar-refractivity contribution in [2.24, 2.45) is 0 Å². The number of carbonyl (C=O) groups excluding carboxylic acids is 2. The van der Waals surface area contributed by atoms with Gasteiger partial charge in [-0.3, -0.25) is 9.59 Å². The third-order valence-electron chi connectivity index (χ3n) is 4.36. The Morgan fingerprint density at radius 3 is 2.41 bits per heavy atom. The van der Waals surface area contributed by atoms with Crippen LogP contribution in [0.2, 0.25) is 0 Å². The van der Waals surface area contributed by atoms with Crippen molar-refractivity contribution >= 4 is 45.7 Å². The van der Waals surface area contributed by atoms with Crippen LogP contribution in [0.4, 0.5) is 11.4 Å². The maximum absolute atomic E-state index is 12.3. The highest BCUT2D eigenvalue weighted by Crippen LogP contribution is 2.32. The molecule has 0 saturated carbocycles. The van der Waals surface area contributed by atoms with Gasteiger partial charge in [0.05, 0.1) is 11.5 Å². The van der Waals surface area contributed by atoms with Gasteiger partial charge < -0.3 is 20.1 Å². The second kappa shape index (κ2) is 8.87.